The van der Waals surface area contributed by atoms with E-state index in [0.717, 1.165) is 28.4 Å². The number of nitrogens with zero attached hydrogens (tertiary/aromatic N) is 2. The number of carbonyl (C=O) groups is 1. The van der Waals surface area contributed by atoms with Gasteiger partial charge in [-0.05, 0) is 40.2 Å². The van der Waals surface area contributed by atoms with Crippen LogP contribution in [0.4, 0.5) is 18.9 Å². The number of nitrogens with one attached hydrogen (secondary N) is 1. The van der Waals surface area contributed by atoms with Crippen molar-refractivity contribution in [3.8, 4) is 11.5 Å². The van der Waals surface area contributed by atoms with E-state index in [1.807, 2.05) is 12.1 Å². The monoisotopic (exact) mass is 443 g/mol. The Hall–Kier alpha value is -2.33. The van der Waals surface area contributed by atoms with Crippen LogP contribution < -0.4 is 5.32 Å². The minimum absolute atomic E-state index is 0.136. The van der Waals surface area contributed by atoms with Crippen molar-refractivity contribution in [2.75, 3.05) is 11.1 Å². The molecule has 0 fully saturated rings. The summed E-state index contributed by atoms with van der Waals surface area (Å²) >= 11 is 4.29. The van der Waals surface area contributed by atoms with Crippen LogP contribution in [0, 0.1) is 17.5 Å². The van der Waals surface area contributed by atoms with E-state index in [4.69, 9.17) is 4.42 Å². The fraction of sp³-hybridized carbons (Fsp3) is 0.0625. The zero-order valence-corrected chi connectivity index (χ0v) is 15.2. The molecule has 26 heavy (non-hydrogen) atoms. The molecule has 1 N–H and O–H groups in total. The molecule has 0 radical (unpaired) electrons. The van der Waals surface area contributed by atoms with Crippen LogP contribution in [0.25, 0.3) is 11.5 Å². The van der Waals surface area contributed by atoms with E-state index < -0.39 is 29.0 Å². The fourth-order valence-electron chi connectivity index (χ4n) is 1.95. The first-order valence-electron chi connectivity index (χ1n) is 7.10. The van der Waals surface area contributed by atoms with Gasteiger partial charge >= 0.3 is 0 Å². The molecule has 1 amide bonds. The summed E-state index contributed by atoms with van der Waals surface area (Å²) in [6, 6.07) is 8.90. The van der Waals surface area contributed by atoms with Crippen LogP contribution in [0.5, 0.6) is 0 Å². The Morgan fingerprint density at radius 1 is 1.12 bits per heavy atom. The van der Waals surface area contributed by atoms with E-state index in [2.05, 4.69) is 31.4 Å². The van der Waals surface area contributed by atoms with Gasteiger partial charge in [0.25, 0.3) is 5.22 Å². The summed E-state index contributed by atoms with van der Waals surface area (Å²) in [5.41, 5.74) is 0.245. The number of hydrogen-bond donors (Lipinski definition) is 1. The summed E-state index contributed by atoms with van der Waals surface area (Å²) in [6.07, 6.45) is 0. The molecule has 3 aromatic rings. The number of benzene rings is 2. The lowest BCUT2D eigenvalue weighted by Gasteiger charge is -2.06. The first-order chi connectivity index (χ1) is 12.5. The van der Waals surface area contributed by atoms with Gasteiger partial charge in [0.2, 0.25) is 11.8 Å². The Bertz CT molecular complexity index is 968. The van der Waals surface area contributed by atoms with Crippen molar-refractivity contribution in [3.63, 3.8) is 0 Å². The zero-order chi connectivity index (χ0) is 18.7. The van der Waals surface area contributed by atoms with Gasteiger partial charge in [0.1, 0.15) is 0 Å². The van der Waals surface area contributed by atoms with Gasteiger partial charge in [-0.1, -0.05) is 23.9 Å². The van der Waals surface area contributed by atoms with Crippen molar-refractivity contribution >= 4 is 39.3 Å². The number of thioether (sulfide) groups is 1. The number of carbonyl (C=O) groups excluding carboxylic acids is 1. The van der Waals surface area contributed by atoms with Crippen molar-refractivity contribution in [3.05, 3.63) is 58.3 Å². The molecule has 0 saturated heterocycles. The molecular formula is C16H9BrF3N3O2S. The summed E-state index contributed by atoms with van der Waals surface area (Å²) in [7, 11) is 0. The Balaban J connectivity index is 1.62. The molecule has 5 nitrogen and oxygen atoms in total. The van der Waals surface area contributed by atoms with Gasteiger partial charge in [0.15, 0.2) is 17.5 Å². The maximum Gasteiger partial charge on any atom is 0.277 e. The van der Waals surface area contributed by atoms with E-state index in [1.54, 1.807) is 12.1 Å². The number of halogens is 4. The van der Waals surface area contributed by atoms with Gasteiger partial charge in [-0.25, -0.2) is 13.2 Å². The summed E-state index contributed by atoms with van der Waals surface area (Å²) in [5, 5.41) is 10.0. The number of anilines is 1. The van der Waals surface area contributed by atoms with Crippen LogP contribution in [0.1, 0.15) is 0 Å². The van der Waals surface area contributed by atoms with E-state index in [-0.39, 0.29) is 16.9 Å². The van der Waals surface area contributed by atoms with Crippen LogP contribution in [-0.4, -0.2) is 21.9 Å². The van der Waals surface area contributed by atoms with Gasteiger partial charge in [-0.2, -0.15) is 0 Å². The Morgan fingerprint density at radius 3 is 2.65 bits per heavy atom. The van der Waals surface area contributed by atoms with Crippen molar-refractivity contribution in [2.24, 2.45) is 0 Å². The molecule has 134 valence electrons. The van der Waals surface area contributed by atoms with Gasteiger partial charge < -0.3 is 9.73 Å². The molecule has 0 unspecified atom stereocenters. The van der Waals surface area contributed by atoms with Crippen LogP contribution >= 0.6 is 27.7 Å². The number of rotatable bonds is 5. The maximum atomic E-state index is 13.5. The van der Waals surface area contributed by atoms with Crippen LogP contribution in [0.2, 0.25) is 0 Å². The van der Waals surface area contributed by atoms with E-state index in [1.165, 1.54) is 0 Å². The smallest absolute Gasteiger partial charge is 0.277 e. The Morgan fingerprint density at radius 2 is 1.88 bits per heavy atom. The second-order valence-corrected chi connectivity index (χ2v) is 6.69. The van der Waals surface area contributed by atoms with E-state index in [0.29, 0.717) is 5.56 Å². The molecule has 0 saturated carbocycles. The molecule has 3 rings (SSSR count). The molecule has 1 aromatic heterocycles. The predicted octanol–water partition coefficient (Wildman–Crippen LogP) is 4.65. The standard InChI is InChI=1S/C16H9BrF3N3O2S/c17-9-4-2-1-3-8(9)15-22-23-16(25-15)26-7-12(24)21-11-6-5-10(18)13(19)14(11)20/h1-6H,7H2,(H,21,24). The third-order valence-corrected chi connectivity index (χ3v) is 4.66. The molecule has 10 heteroatoms. The minimum Gasteiger partial charge on any atom is -0.411 e. The molecule has 0 aliphatic rings. The average molecular weight is 444 g/mol. The van der Waals surface area contributed by atoms with Crippen molar-refractivity contribution < 1.29 is 22.4 Å². The fourth-order valence-corrected chi connectivity index (χ4v) is 2.97. The largest absolute Gasteiger partial charge is 0.411 e. The zero-order valence-electron chi connectivity index (χ0n) is 12.8. The van der Waals surface area contributed by atoms with Crippen molar-refractivity contribution in [1.82, 2.24) is 10.2 Å². The molecule has 0 spiro atoms. The molecule has 0 atom stereocenters. The van der Waals surface area contributed by atoms with Gasteiger partial charge in [-0.3, -0.25) is 4.79 Å². The van der Waals surface area contributed by atoms with Gasteiger partial charge in [0, 0.05) is 4.47 Å². The molecular weight excluding hydrogens is 435 g/mol. The SMILES string of the molecule is O=C(CSc1nnc(-c2ccccc2Br)o1)Nc1ccc(F)c(F)c1F. The summed E-state index contributed by atoms with van der Waals surface area (Å²) < 4.78 is 45.8. The van der Waals surface area contributed by atoms with E-state index >= 15 is 0 Å². The van der Waals surface area contributed by atoms with Crippen LogP contribution in [-0.2, 0) is 4.79 Å². The Kier molecular flexibility index (Phi) is 5.62. The number of aromatic nitrogens is 2. The number of amides is 1. The first-order valence-corrected chi connectivity index (χ1v) is 8.88. The van der Waals surface area contributed by atoms with Crippen molar-refractivity contribution in [1.29, 1.82) is 0 Å². The third-order valence-electron chi connectivity index (χ3n) is 3.15. The highest BCUT2D eigenvalue weighted by Gasteiger charge is 2.17. The Labute approximate surface area is 158 Å². The average Bonchev–Trinajstić information content (AvgIpc) is 3.10. The van der Waals surface area contributed by atoms with Crippen LogP contribution in [0.15, 0.2) is 50.5 Å². The highest BCUT2D eigenvalue weighted by Crippen LogP contribution is 2.29. The maximum absolute atomic E-state index is 13.5. The van der Waals surface area contributed by atoms with Gasteiger partial charge in [0.05, 0.1) is 17.0 Å². The topological polar surface area (TPSA) is 68.0 Å². The highest BCUT2D eigenvalue weighted by atomic mass is 79.9. The molecule has 0 aliphatic heterocycles. The lowest BCUT2D eigenvalue weighted by molar-refractivity contribution is -0.113. The molecule has 0 bridgehead atoms. The lowest BCUT2D eigenvalue weighted by atomic mass is 10.2. The molecule has 1 heterocycles. The predicted molar refractivity (Wildman–Crippen MR) is 93.1 cm³/mol. The second-order valence-electron chi connectivity index (χ2n) is 4.91. The lowest BCUT2D eigenvalue weighted by Crippen LogP contribution is -2.15. The normalized spacial score (nSPS) is 10.8. The van der Waals surface area contributed by atoms with Crippen molar-refractivity contribution in [2.45, 2.75) is 5.22 Å². The van der Waals surface area contributed by atoms with Gasteiger partial charge in [-0.15, -0.1) is 10.2 Å². The summed E-state index contributed by atoms with van der Waals surface area (Å²) in [6.45, 7) is 0. The van der Waals surface area contributed by atoms with Crippen LogP contribution in [0.3, 0.4) is 0 Å². The first kappa shape index (κ1) is 18.5. The highest BCUT2D eigenvalue weighted by molar-refractivity contribution is 9.10. The quantitative estimate of drug-likeness (QED) is 0.459. The molecule has 2 aromatic carbocycles. The summed E-state index contributed by atoms with van der Waals surface area (Å²) in [4.78, 5) is 11.9. The molecule has 0 aliphatic carbocycles. The minimum atomic E-state index is -1.65. The third kappa shape index (κ3) is 4.07. The number of hydrogen-bond acceptors (Lipinski definition) is 5. The second kappa shape index (κ2) is 7.92. The van der Waals surface area contributed by atoms with E-state index in [9.17, 15) is 18.0 Å². The summed E-state index contributed by atoms with van der Waals surface area (Å²) in [5.74, 6) is -4.99.